The second-order valence-corrected chi connectivity index (χ2v) is 8.57. The molecule has 9 heteroatoms. The highest BCUT2D eigenvalue weighted by atomic mass is 35.5. The van der Waals surface area contributed by atoms with Crippen LogP contribution in [0.1, 0.15) is 10.4 Å². The summed E-state index contributed by atoms with van der Waals surface area (Å²) in [5.41, 5.74) is 1.30. The molecule has 0 N–H and O–H groups in total. The first-order valence-corrected chi connectivity index (χ1v) is 11.2. The Bertz CT molecular complexity index is 1050. The lowest BCUT2D eigenvalue weighted by Crippen LogP contribution is -2.43. The number of fused-ring (bicyclic) bond motifs is 1. The maximum atomic E-state index is 13.6. The van der Waals surface area contributed by atoms with Crippen LogP contribution in [0.25, 0.3) is 10.2 Å². The van der Waals surface area contributed by atoms with Crippen LogP contribution in [0.5, 0.6) is 11.5 Å². The van der Waals surface area contributed by atoms with E-state index >= 15 is 0 Å². The maximum absolute atomic E-state index is 13.6. The molecule has 0 bridgehead atoms. The molecule has 164 valence electrons. The molecule has 31 heavy (non-hydrogen) atoms. The average Bonchev–Trinajstić information content (AvgIpc) is 3.22. The Morgan fingerprint density at radius 3 is 2.55 bits per heavy atom. The number of hydrogen-bond acceptors (Lipinski definition) is 7. The fraction of sp³-hybridized carbons (Fsp3) is 0.364. The van der Waals surface area contributed by atoms with Crippen LogP contribution < -0.4 is 14.4 Å². The zero-order valence-corrected chi connectivity index (χ0v) is 19.0. The number of morpholine rings is 1. The summed E-state index contributed by atoms with van der Waals surface area (Å²) in [5.74, 6) is 0.967. The molecule has 1 saturated heterocycles. The number of rotatable bonds is 7. The Hall–Kier alpha value is -2.39. The van der Waals surface area contributed by atoms with Gasteiger partial charge in [0.15, 0.2) is 5.13 Å². The first-order chi connectivity index (χ1) is 15.1. The van der Waals surface area contributed by atoms with Crippen LogP contribution in [0.15, 0.2) is 36.4 Å². The van der Waals surface area contributed by atoms with Crippen molar-refractivity contribution in [1.82, 2.24) is 9.88 Å². The molecule has 1 amide bonds. The standard InChI is InChI=1S/C22H24ClN3O4S/c1-28-17-11-15(12-18(14-17)29-2)21(27)26(6-5-25-7-9-30-10-8-25)22-24-19-4-3-16(23)13-20(19)31-22/h3-4,11-14H,5-10H2,1-2H3. The number of methoxy groups -OCH3 is 2. The molecule has 1 aromatic heterocycles. The molecule has 0 unspecified atom stereocenters. The summed E-state index contributed by atoms with van der Waals surface area (Å²) in [5, 5.41) is 1.28. The number of ether oxygens (including phenoxy) is 3. The fourth-order valence-corrected chi connectivity index (χ4v) is 4.70. The normalized spacial score (nSPS) is 14.5. The van der Waals surface area contributed by atoms with Gasteiger partial charge in [-0.25, -0.2) is 4.98 Å². The summed E-state index contributed by atoms with van der Waals surface area (Å²) in [6, 6.07) is 10.7. The van der Waals surface area contributed by atoms with Crippen molar-refractivity contribution in [2.45, 2.75) is 0 Å². The Balaban J connectivity index is 1.67. The number of halogens is 1. The van der Waals surface area contributed by atoms with Crippen LogP contribution in [0.2, 0.25) is 5.02 Å². The van der Waals surface area contributed by atoms with Crippen molar-refractivity contribution in [3.63, 3.8) is 0 Å². The number of aromatic nitrogens is 1. The van der Waals surface area contributed by atoms with Crippen LogP contribution in [0.4, 0.5) is 5.13 Å². The van der Waals surface area contributed by atoms with E-state index in [-0.39, 0.29) is 5.91 Å². The van der Waals surface area contributed by atoms with E-state index < -0.39 is 0 Å². The molecule has 4 rings (SSSR count). The van der Waals surface area contributed by atoms with Gasteiger partial charge in [0.1, 0.15) is 11.5 Å². The van der Waals surface area contributed by atoms with E-state index in [9.17, 15) is 4.79 Å². The Morgan fingerprint density at radius 1 is 1.16 bits per heavy atom. The molecule has 3 aromatic rings. The van der Waals surface area contributed by atoms with Crippen molar-refractivity contribution >= 4 is 44.2 Å². The highest BCUT2D eigenvalue weighted by Gasteiger charge is 2.24. The molecule has 0 atom stereocenters. The van der Waals surface area contributed by atoms with Crippen molar-refractivity contribution in [2.75, 3.05) is 58.5 Å². The van der Waals surface area contributed by atoms with E-state index in [2.05, 4.69) is 4.90 Å². The van der Waals surface area contributed by atoms with Crippen molar-refractivity contribution < 1.29 is 19.0 Å². The molecule has 0 aliphatic carbocycles. The highest BCUT2D eigenvalue weighted by molar-refractivity contribution is 7.22. The lowest BCUT2D eigenvalue weighted by Gasteiger charge is -2.29. The van der Waals surface area contributed by atoms with Gasteiger partial charge in [0.05, 0.1) is 37.6 Å². The molecule has 1 aliphatic heterocycles. The quantitative estimate of drug-likeness (QED) is 0.531. The minimum absolute atomic E-state index is 0.157. The third-order valence-electron chi connectivity index (χ3n) is 5.16. The number of anilines is 1. The second kappa shape index (κ2) is 9.82. The molecule has 1 fully saturated rings. The van der Waals surface area contributed by atoms with Crippen LogP contribution in [0.3, 0.4) is 0 Å². The largest absolute Gasteiger partial charge is 0.497 e. The van der Waals surface area contributed by atoms with E-state index in [0.29, 0.717) is 47.0 Å². The topological polar surface area (TPSA) is 64.1 Å². The summed E-state index contributed by atoms with van der Waals surface area (Å²) in [6.07, 6.45) is 0. The van der Waals surface area contributed by atoms with Gasteiger partial charge in [0.25, 0.3) is 5.91 Å². The van der Waals surface area contributed by atoms with Gasteiger partial charge in [-0.15, -0.1) is 0 Å². The molecular weight excluding hydrogens is 438 g/mol. The summed E-state index contributed by atoms with van der Waals surface area (Å²) < 4.78 is 17.1. The number of carbonyl (C=O) groups is 1. The monoisotopic (exact) mass is 461 g/mol. The molecule has 2 aromatic carbocycles. The Kier molecular flexibility index (Phi) is 6.92. The van der Waals surface area contributed by atoms with Crippen LogP contribution >= 0.6 is 22.9 Å². The van der Waals surface area contributed by atoms with Gasteiger partial charge in [0, 0.05) is 42.8 Å². The lowest BCUT2D eigenvalue weighted by molar-refractivity contribution is 0.0391. The summed E-state index contributed by atoms with van der Waals surface area (Å²) in [6.45, 7) is 4.36. The van der Waals surface area contributed by atoms with Crippen molar-refractivity contribution in [1.29, 1.82) is 0 Å². The second-order valence-electron chi connectivity index (χ2n) is 7.12. The predicted molar refractivity (Wildman–Crippen MR) is 123 cm³/mol. The van der Waals surface area contributed by atoms with Gasteiger partial charge in [-0.3, -0.25) is 14.6 Å². The van der Waals surface area contributed by atoms with Crippen molar-refractivity contribution in [3.8, 4) is 11.5 Å². The third kappa shape index (κ3) is 5.10. The van der Waals surface area contributed by atoms with Gasteiger partial charge in [0.2, 0.25) is 0 Å². The molecule has 7 nitrogen and oxygen atoms in total. The van der Waals surface area contributed by atoms with Gasteiger partial charge >= 0.3 is 0 Å². The van der Waals surface area contributed by atoms with E-state index in [0.717, 1.165) is 29.9 Å². The van der Waals surface area contributed by atoms with Crippen LogP contribution in [-0.4, -0.2) is 69.4 Å². The maximum Gasteiger partial charge on any atom is 0.260 e. The Morgan fingerprint density at radius 2 is 1.87 bits per heavy atom. The molecular formula is C22H24ClN3O4S. The number of carbonyl (C=O) groups excluding carboxylic acids is 1. The third-order valence-corrected chi connectivity index (χ3v) is 6.43. The van der Waals surface area contributed by atoms with Crippen LogP contribution in [-0.2, 0) is 4.74 Å². The molecule has 1 aliphatic rings. The molecule has 0 spiro atoms. The zero-order chi connectivity index (χ0) is 21.8. The predicted octanol–water partition coefficient (Wildman–Crippen LogP) is 3.95. The fourth-order valence-electron chi connectivity index (χ4n) is 3.44. The van der Waals surface area contributed by atoms with Gasteiger partial charge in [-0.1, -0.05) is 22.9 Å². The van der Waals surface area contributed by atoms with E-state index in [1.807, 2.05) is 12.1 Å². The SMILES string of the molecule is COc1cc(OC)cc(C(=O)N(CCN2CCOCC2)c2nc3ccc(Cl)cc3s2)c1. The minimum atomic E-state index is -0.157. The number of hydrogen-bond donors (Lipinski definition) is 0. The van der Waals surface area contributed by atoms with Crippen molar-refractivity contribution in [3.05, 3.63) is 47.0 Å². The Labute approximate surface area is 190 Å². The van der Waals surface area contributed by atoms with Crippen LogP contribution in [0, 0.1) is 0 Å². The van der Waals surface area contributed by atoms with Gasteiger partial charge in [-0.05, 0) is 30.3 Å². The molecule has 2 heterocycles. The smallest absolute Gasteiger partial charge is 0.260 e. The summed E-state index contributed by atoms with van der Waals surface area (Å²) >= 11 is 7.60. The number of benzene rings is 2. The minimum Gasteiger partial charge on any atom is -0.497 e. The number of amides is 1. The molecule has 0 radical (unpaired) electrons. The average molecular weight is 462 g/mol. The highest BCUT2D eigenvalue weighted by Crippen LogP contribution is 2.32. The number of nitrogens with zero attached hydrogens (tertiary/aromatic N) is 3. The summed E-state index contributed by atoms with van der Waals surface area (Å²) in [7, 11) is 3.13. The first-order valence-electron chi connectivity index (χ1n) is 9.98. The van der Waals surface area contributed by atoms with Gasteiger partial charge < -0.3 is 14.2 Å². The van der Waals surface area contributed by atoms with Gasteiger partial charge in [-0.2, -0.15) is 0 Å². The molecule has 0 saturated carbocycles. The zero-order valence-electron chi connectivity index (χ0n) is 17.5. The van der Waals surface area contributed by atoms with E-state index in [1.54, 1.807) is 43.4 Å². The number of thiazole rings is 1. The lowest BCUT2D eigenvalue weighted by atomic mass is 10.1. The van der Waals surface area contributed by atoms with Crippen molar-refractivity contribution in [2.24, 2.45) is 0 Å². The summed E-state index contributed by atoms with van der Waals surface area (Å²) in [4.78, 5) is 22.3. The van der Waals surface area contributed by atoms with E-state index in [1.165, 1.54) is 11.3 Å². The van der Waals surface area contributed by atoms with E-state index in [4.69, 9.17) is 30.8 Å². The first kappa shape index (κ1) is 21.8.